The summed E-state index contributed by atoms with van der Waals surface area (Å²) in [6.07, 6.45) is 1.21. The van der Waals surface area contributed by atoms with Gasteiger partial charge < -0.3 is 10.6 Å². The molecule has 1 fully saturated rings. The summed E-state index contributed by atoms with van der Waals surface area (Å²) in [5, 5.41) is 0. The van der Waals surface area contributed by atoms with E-state index in [1.165, 1.54) is 12.5 Å². The standard InChI is InChI=1S/C16H25FN2/c1-10-8-11(2)13(4)19(9-10)16-14(12(3)18)6-5-7-15(16)17/h5-7,10-13H,8-9,18H2,1-4H3/t10?,11?,12-,13?/m1/s1. The van der Waals surface area contributed by atoms with Crippen molar-refractivity contribution in [3.8, 4) is 0 Å². The lowest BCUT2D eigenvalue weighted by atomic mass is 9.85. The Morgan fingerprint density at radius 3 is 2.63 bits per heavy atom. The molecule has 1 aromatic carbocycles. The van der Waals surface area contributed by atoms with E-state index in [1.807, 2.05) is 13.0 Å². The Labute approximate surface area is 115 Å². The van der Waals surface area contributed by atoms with E-state index in [2.05, 4.69) is 25.7 Å². The smallest absolute Gasteiger partial charge is 0.146 e. The van der Waals surface area contributed by atoms with Crippen LogP contribution in [0.15, 0.2) is 18.2 Å². The summed E-state index contributed by atoms with van der Waals surface area (Å²) < 4.78 is 14.3. The lowest BCUT2D eigenvalue weighted by Gasteiger charge is -2.43. The minimum atomic E-state index is -0.150. The van der Waals surface area contributed by atoms with Gasteiger partial charge in [0, 0.05) is 18.6 Å². The van der Waals surface area contributed by atoms with Gasteiger partial charge in [0.25, 0.3) is 0 Å². The van der Waals surface area contributed by atoms with Crippen molar-refractivity contribution in [2.24, 2.45) is 17.6 Å². The van der Waals surface area contributed by atoms with Crippen LogP contribution in [0.25, 0.3) is 0 Å². The third kappa shape index (κ3) is 2.76. The molecule has 1 saturated heterocycles. The van der Waals surface area contributed by atoms with E-state index in [9.17, 15) is 4.39 Å². The van der Waals surface area contributed by atoms with Crippen molar-refractivity contribution in [3.63, 3.8) is 0 Å². The molecular weight excluding hydrogens is 239 g/mol. The molecule has 19 heavy (non-hydrogen) atoms. The predicted molar refractivity (Wildman–Crippen MR) is 78.8 cm³/mol. The van der Waals surface area contributed by atoms with Gasteiger partial charge in [-0.15, -0.1) is 0 Å². The highest BCUT2D eigenvalue weighted by Crippen LogP contribution is 2.36. The van der Waals surface area contributed by atoms with Crippen LogP contribution in [0.2, 0.25) is 0 Å². The zero-order valence-electron chi connectivity index (χ0n) is 12.4. The van der Waals surface area contributed by atoms with Gasteiger partial charge in [-0.05, 0) is 43.7 Å². The number of benzene rings is 1. The maximum Gasteiger partial charge on any atom is 0.146 e. The minimum Gasteiger partial charge on any atom is -0.366 e. The second-order valence-electron chi connectivity index (χ2n) is 6.18. The van der Waals surface area contributed by atoms with Crippen LogP contribution in [0.5, 0.6) is 0 Å². The van der Waals surface area contributed by atoms with Crippen molar-refractivity contribution in [2.75, 3.05) is 11.4 Å². The van der Waals surface area contributed by atoms with E-state index in [0.29, 0.717) is 23.6 Å². The molecule has 0 bridgehead atoms. The lowest BCUT2D eigenvalue weighted by molar-refractivity contribution is 0.294. The monoisotopic (exact) mass is 264 g/mol. The Balaban J connectivity index is 2.45. The summed E-state index contributed by atoms with van der Waals surface area (Å²) in [5.41, 5.74) is 7.63. The highest BCUT2D eigenvalue weighted by molar-refractivity contribution is 5.57. The molecule has 2 N–H and O–H groups in total. The van der Waals surface area contributed by atoms with Crippen molar-refractivity contribution in [1.82, 2.24) is 0 Å². The third-order valence-corrected chi connectivity index (χ3v) is 4.39. The first-order valence-corrected chi connectivity index (χ1v) is 7.22. The van der Waals surface area contributed by atoms with E-state index in [0.717, 1.165) is 12.1 Å². The SMILES string of the molecule is CC1CC(C)C(C)N(c2c(F)cccc2[C@@H](C)N)C1. The van der Waals surface area contributed by atoms with E-state index >= 15 is 0 Å². The molecule has 0 aromatic heterocycles. The molecule has 0 amide bonds. The fourth-order valence-electron chi connectivity index (χ4n) is 3.21. The first kappa shape index (κ1) is 14.3. The fourth-order valence-corrected chi connectivity index (χ4v) is 3.21. The van der Waals surface area contributed by atoms with Crippen LogP contribution in [0.1, 0.15) is 45.7 Å². The second kappa shape index (κ2) is 5.49. The molecule has 3 unspecified atom stereocenters. The molecule has 2 rings (SSSR count). The number of rotatable bonds is 2. The van der Waals surface area contributed by atoms with Crippen LogP contribution in [0.4, 0.5) is 10.1 Å². The molecule has 0 aliphatic carbocycles. The van der Waals surface area contributed by atoms with E-state index in [4.69, 9.17) is 5.73 Å². The minimum absolute atomic E-state index is 0.148. The Bertz CT molecular complexity index is 444. The molecule has 0 radical (unpaired) electrons. The van der Waals surface area contributed by atoms with Crippen molar-refractivity contribution < 1.29 is 4.39 Å². The lowest BCUT2D eigenvalue weighted by Crippen LogP contribution is -2.46. The van der Waals surface area contributed by atoms with Crippen molar-refractivity contribution >= 4 is 5.69 Å². The van der Waals surface area contributed by atoms with Gasteiger partial charge in [-0.25, -0.2) is 4.39 Å². The normalized spacial score (nSPS) is 29.4. The van der Waals surface area contributed by atoms with Gasteiger partial charge >= 0.3 is 0 Å². The quantitative estimate of drug-likeness (QED) is 0.882. The van der Waals surface area contributed by atoms with Crippen LogP contribution >= 0.6 is 0 Å². The van der Waals surface area contributed by atoms with Gasteiger partial charge in [0.2, 0.25) is 0 Å². The van der Waals surface area contributed by atoms with Crippen molar-refractivity contribution in [1.29, 1.82) is 0 Å². The molecule has 1 aliphatic heterocycles. The van der Waals surface area contributed by atoms with Crippen molar-refractivity contribution in [3.05, 3.63) is 29.6 Å². The van der Waals surface area contributed by atoms with Gasteiger partial charge in [0.05, 0.1) is 5.69 Å². The van der Waals surface area contributed by atoms with Gasteiger partial charge in [0.15, 0.2) is 0 Å². The van der Waals surface area contributed by atoms with Crippen molar-refractivity contribution in [2.45, 2.75) is 46.2 Å². The molecule has 4 atom stereocenters. The Morgan fingerprint density at radius 2 is 2.00 bits per heavy atom. The Kier molecular flexibility index (Phi) is 4.14. The molecule has 0 spiro atoms. The first-order valence-electron chi connectivity index (χ1n) is 7.22. The molecule has 1 aromatic rings. The van der Waals surface area contributed by atoms with E-state index < -0.39 is 0 Å². The molecule has 0 saturated carbocycles. The van der Waals surface area contributed by atoms with E-state index in [1.54, 1.807) is 6.07 Å². The van der Waals surface area contributed by atoms with Gasteiger partial charge in [-0.1, -0.05) is 26.0 Å². The fraction of sp³-hybridized carbons (Fsp3) is 0.625. The molecule has 1 aliphatic rings. The number of anilines is 1. The molecule has 106 valence electrons. The summed E-state index contributed by atoms with van der Waals surface area (Å²) in [6, 6.07) is 5.44. The average Bonchev–Trinajstić information content (AvgIpc) is 2.33. The van der Waals surface area contributed by atoms with Gasteiger partial charge in [-0.3, -0.25) is 0 Å². The zero-order valence-corrected chi connectivity index (χ0v) is 12.4. The molecule has 1 heterocycles. The predicted octanol–water partition coefficient (Wildman–Crippen LogP) is 3.72. The summed E-state index contributed by atoms with van der Waals surface area (Å²) in [5.74, 6) is 1.01. The number of nitrogens with zero attached hydrogens (tertiary/aromatic N) is 1. The van der Waals surface area contributed by atoms with Crippen LogP contribution in [-0.2, 0) is 0 Å². The number of nitrogens with two attached hydrogens (primary N) is 1. The van der Waals surface area contributed by atoms with E-state index in [-0.39, 0.29) is 11.9 Å². The topological polar surface area (TPSA) is 29.3 Å². The Morgan fingerprint density at radius 1 is 1.32 bits per heavy atom. The van der Waals surface area contributed by atoms with Crippen LogP contribution in [-0.4, -0.2) is 12.6 Å². The number of halogens is 1. The summed E-state index contributed by atoms with van der Waals surface area (Å²) in [4.78, 5) is 2.22. The van der Waals surface area contributed by atoms with Gasteiger partial charge in [0.1, 0.15) is 5.82 Å². The average molecular weight is 264 g/mol. The highest BCUT2D eigenvalue weighted by Gasteiger charge is 2.31. The second-order valence-corrected chi connectivity index (χ2v) is 6.18. The van der Waals surface area contributed by atoms with Crippen LogP contribution < -0.4 is 10.6 Å². The number of hydrogen-bond donors (Lipinski definition) is 1. The summed E-state index contributed by atoms with van der Waals surface area (Å²) in [6.45, 7) is 9.50. The summed E-state index contributed by atoms with van der Waals surface area (Å²) >= 11 is 0. The zero-order chi connectivity index (χ0) is 14.2. The maximum atomic E-state index is 14.3. The highest BCUT2D eigenvalue weighted by atomic mass is 19.1. The Hall–Kier alpha value is -1.09. The van der Waals surface area contributed by atoms with Gasteiger partial charge in [-0.2, -0.15) is 0 Å². The molecule has 2 nitrogen and oxygen atoms in total. The largest absolute Gasteiger partial charge is 0.366 e. The number of para-hydroxylation sites is 1. The third-order valence-electron chi connectivity index (χ3n) is 4.39. The number of piperidine rings is 1. The maximum absolute atomic E-state index is 14.3. The molecular formula is C16H25FN2. The van der Waals surface area contributed by atoms with Crippen LogP contribution in [0, 0.1) is 17.7 Å². The van der Waals surface area contributed by atoms with Crippen LogP contribution in [0.3, 0.4) is 0 Å². The molecule has 3 heteroatoms. The first-order chi connectivity index (χ1) is 8.91. The summed E-state index contributed by atoms with van der Waals surface area (Å²) in [7, 11) is 0. The number of hydrogen-bond acceptors (Lipinski definition) is 2.